The van der Waals surface area contributed by atoms with Crippen molar-refractivity contribution in [1.82, 2.24) is 15.1 Å². The van der Waals surface area contributed by atoms with Crippen LogP contribution in [0, 0.1) is 0 Å². The van der Waals surface area contributed by atoms with Gasteiger partial charge in [-0.15, -0.1) is 10.2 Å². The molecule has 0 saturated heterocycles. The first-order valence-electron chi connectivity index (χ1n) is 6.59. The van der Waals surface area contributed by atoms with Gasteiger partial charge in [0.15, 0.2) is 0 Å². The molecule has 2 aromatic rings. The van der Waals surface area contributed by atoms with Gasteiger partial charge in [-0.1, -0.05) is 23.5 Å². The van der Waals surface area contributed by atoms with Crippen molar-refractivity contribution < 1.29 is 9.53 Å². The number of benzene rings is 1. The molecule has 0 spiro atoms. The maximum absolute atomic E-state index is 12.3. The van der Waals surface area contributed by atoms with E-state index in [1.807, 2.05) is 31.2 Å². The lowest BCUT2D eigenvalue weighted by atomic mass is 10.2. The number of hydrogen-bond donors (Lipinski definition) is 1. The molecular weight excluding hydrogens is 288 g/mol. The number of amides is 1. The van der Waals surface area contributed by atoms with Gasteiger partial charge in [-0.25, -0.2) is 0 Å². The Balaban J connectivity index is 2.00. The molecule has 1 amide bonds. The van der Waals surface area contributed by atoms with Crippen LogP contribution in [0.2, 0.25) is 0 Å². The fourth-order valence-electron chi connectivity index (χ4n) is 1.77. The van der Waals surface area contributed by atoms with Crippen molar-refractivity contribution in [3.05, 3.63) is 34.8 Å². The highest BCUT2D eigenvalue weighted by molar-refractivity contribution is 7.17. The number of rotatable bonds is 6. The topological polar surface area (TPSA) is 67.4 Å². The first-order valence-corrected chi connectivity index (χ1v) is 7.41. The zero-order valence-electron chi connectivity index (χ0n) is 12.3. The number of aromatic nitrogens is 2. The monoisotopic (exact) mass is 306 g/mol. The Morgan fingerprint density at radius 1 is 1.33 bits per heavy atom. The predicted molar refractivity (Wildman–Crippen MR) is 82.9 cm³/mol. The summed E-state index contributed by atoms with van der Waals surface area (Å²) in [5.74, 6) is 0.666. The molecule has 0 unspecified atom stereocenters. The minimum Gasteiger partial charge on any atom is -0.497 e. The van der Waals surface area contributed by atoms with Crippen LogP contribution in [0.5, 0.6) is 5.75 Å². The van der Waals surface area contributed by atoms with Gasteiger partial charge in [0, 0.05) is 20.1 Å². The maximum Gasteiger partial charge on any atom is 0.284 e. The van der Waals surface area contributed by atoms with Crippen LogP contribution in [0.4, 0.5) is 5.13 Å². The van der Waals surface area contributed by atoms with E-state index >= 15 is 0 Å². The van der Waals surface area contributed by atoms with Gasteiger partial charge in [0.25, 0.3) is 5.91 Å². The summed E-state index contributed by atoms with van der Waals surface area (Å²) in [5.41, 5.74) is 1.03. The summed E-state index contributed by atoms with van der Waals surface area (Å²) in [6.45, 7) is 3.24. The number of carbonyl (C=O) groups is 1. The second-order valence-electron chi connectivity index (χ2n) is 4.45. The van der Waals surface area contributed by atoms with Crippen molar-refractivity contribution in [2.75, 3.05) is 26.0 Å². The van der Waals surface area contributed by atoms with Gasteiger partial charge >= 0.3 is 0 Å². The molecule has 0 atom stereocenters. The molecule has 0 radical (unpaired) electrons. The molecule has 6 nitrogen and oxygen atoms in total. The van der Waals surface area contributed by atoms with Gasteiger partial charge in [0.05, 0.1) is 7.11 Å². The quantitative estimate of drug-likeness (QED) is 0.886. The summed E-state index contributed by atoms with van der Waals surface area (Å²) in [5, 5.41) is 12.0. The zero-order valence-corrected chi connectivity index (χ0v) is 13.1. The van der Waals surface area contributed by atoms with Gasteiger partial charge in [-0.05, 0) is 24.6 Å². The summed E-state index contributed by atoms with van der Waals surface area (Å²) in [4.78, 5) is 13.9. The number of nitrogens with zero attached hydrogens (tertiary/aromatic N) is 3. The van der Waals surface area contributed by atoms with Crippen LogP contribution in [-0.4, -0.2) is 41.7 Å². The summed E-state index contributed by atoms with van der Waals surface area (Å²) < 4.78 is 5.11. The Morgan fingerprint density at radius 3 is 2.67 bits per heavy atom. The highest BCUT2D eigenvalue weighted by Gasteiger charge is 2.17. The molecule has 0 bridgehead atoms. The lowest BCUT2D eigenvalue weighted by Gasteiger charge is -2.15. The van der Waals surface area contributed by atoms with E-state index < -0.39 is 0 Å². The first-order chi connectivity index (χ1) is 10.1. The molecule has 0 aliphatic carbocycles. The van der Waals surface area contributed by atoms with Crippen LogP contribution < -0.4 is 10.1 Å². The van der Waals surface area contributed by atoms with E-state index in [4.69, 9.17) is 4.74 Å². The smallest absolute Gasteiger partial charge is 0.284 e. The highest BCUT2D eigenvalue weighted by Crippen LogP contribution is 2.18. The molecule has 0 fully saturated rings. The molecule has 0 aliphatic heterocycles. The average Bonchev–Trinajstić information content (AvgIpc) is 2.96. The Hall–Kier alpha value is -2.15. The summed E-state index contributed by atoms with van der Waals surface area (Å²) in [7, 11) is 3.38. The number of methoxy groups -OCH3 is 1. The van der Waals surface area contributed by atoms with Crippen molar-refractivity contribution in [2.45, 2.75) is 13.5 Å². The third-order valence-electron chi connectivity index (χ3n) is 2.86. The van der Waals surface area contributed by atoms with Crippen molar-refractivity contribution in [2.24, 2.45) is 0 Å². The van der Waals surface area contributed by atoms with Crippen molar-refractivity contribution in [3.63, 3.8) is 0 Å². The lowest BCUT2D eigenvalue weighted by Crippen LogP contribution is -2.26. The van der Waals surface area contributed by atoms with Crippen LogP contribution in [-0.2, 0) is 6.54 Å². The van der Waals surface area contributed by atoms with Crippen molar-refractivity contribution in [3.8, 4) is 5.75 Å². The van der Waals surface area contributed by atoms with Crippen LogP contribution in [0.1, 0.15) is 22.3 Å². The van der Waals surface area contributed by atoms with Gasteiger partial charge < -0.3 is 15.0 Å². The second-order valence-corrected chi connectivity index (χ2v) is 5.43. The molecule has 2 rings (SSSR count). The number of hydrogen-bond acceptors (Lipinski definition) is 6. The van der Waals surface area contributed by atoms with Crippen molar-refractivity contribution in [1.29, 1.82) is 0 Å². The van der Waals surface area contributed by atoms with Crippen LogP contribution in [0.3, 0.4) is 0 Å². The maximum atomic E-state index is 12.3. The van der Waals surface area contributed by atoms with Crippen LogP contribution in [0.15, 0.2) is 24.3 Å². The summed E-state index contributed by atoms with van der Waals surface area (Å²) >= 11 is 1.27. The van der Waals surface area contributed by atoms with Gasteiger partial charge in [-0.2, -0.15) is 0 Å². The van der Waals surface area contributed by atoms with E-state index in [2.05, 4.69) is 15.5 Å². The molecule has 7 heteroatoms. The second kappa shape index (κ2) is 7.03. The largest absolute Gasteiger partial charge is 0.497 e. The Bertz CT molecular complexity index is 597. The van der Waals surface area contributed by atoms with Gasteiger partial charge in [-0.3, -0.25) is 4.79 Å². The first kappa shape index (κ1) is 15.2. The van der Waals surface area contributed by atoms with E-state index in [0.29, 0.717) is 16.7 Å². The molecule has 0 saturated carbocycles. The van der Waals surface area contributed by atoms with Gasteiger partial charge in [0.2, 0.25) is 10.1 Å². The predicted octanol–water partition coefficient (Wildman–Crippen LogP) is 2.25. The van der Waals surface area contributed by atoms with E-state index in [1.54, 1.807) is 19.1 Å². The molecular formula is C14H18N4O2S. The fourth-order valence-corrected chi connectivity index (χ4v) is 2.58. The molecule has 21 heavy (non-hydrogen) atoms. The molecule has 1 heterocycles. The Morgan fingerprint density at radius 2 is 2.05 bits per heavy atom. The number of carbonyl (C=O) groups excluding carboxylic acids is 1. The van der Waals surface area contributed by atoms with E-state index in [9.17, 15) is 4.79 Å². The minimum atomic E-state index is -0.132. The summed E-state index contributed by atoms with van der Waals surface area (Å²) in [6, 6.07) is 7.63. The summed E-state index contributed by atoms with van der Waals surface area (Å²) in [6.07, 6.45) is 0. The lowest BCUT2D eigenvalue weighted by molar-refractivity contribution is 0.0784. The molecule has 112 valence electrons. The third kappa shape index (κ3) is 3.91. The zero-order chi connectivity index (χ0) is 15.2. The Kier molecular flexibility index (Phi) is 5.10. The molecule has 1 aromatic carbocycles. The number of nitrogens with one attached hydrogen (secondary N) is 1. The average molecular weight is 306 g/mol. The minimum absolute atomic E-state index is 0.132. The van der Waals surface area contributed by atoms with E-state index in [-0.39, 0.29) is 5.91 Å². The standard InChI is InChI=1S/C14H18N4O2S/c1-4-15-14-17-16-12(21-14)13(19)18(2)9-10-5-7-11(20-3)8-6-10/h5-8H,4,9H2,1-3H3,(H,15,17). The molecule has 0 aliphatic rings. The Labute approximate surface area is 127 Å². The third-order valence-corrected chi connectivity index (χ3v) is 3.73. The normalized spacial score (nSPS) is 10.2. The highest BCUT2D eigenvalue weighted by atomic mass is 32.1. The van der Waals surface area contributed by atoms with Crippen molar-refractivity contribution >= 4 is 22.4 Å². The van der Waals surface area contributed by atoms with Crippen LogP contribution in [0.25, 0.3) is 0 Å². The van der Waals surface area contributed by atoms with Crippen LogP contribution >= 0.6 is 11.3 Å². The van der Waals surface area contributed by atoms with Gasteiger partial charge in [0.1, 0.15) is 5.75 Å². The molecule has 1 N–H and O–H groups in total. The van der Waals surface area contributed by atoms with E-state index in [1.165, 1.54) is 11.3 Å². The fraction of sp³-hybridized carbons (Fsp3) is 0.357. The SMILES string of the molecule is CCNc1nnc(C(=O)N(C)Cc2ccc(OC)cc2)s1. The number of ether oxygens (including phenoxy) is 1. The molecule has 1 aromatic heterocycles. The van der Waals surface area contributed by atoms with E-state index in [0.717, 1.165) is 17.9 Å². The number of anilines is 1.